The number of nitrogens with zero attached hydrogens (tertiary/aromatic N) is 1. The molecule has 0 spiro atoms. The maximum Gasteiger partial charge on any atom is 0.439 e. The number of carbonyl (C=O) groups is 1. The summed E-state index contributed by atoms with van der Waals surface area (Å²) in [7, 11) is 0. The van der Waals surface area contributed by atoms with Gasteiger partial charge in [-0.25, -0.2) is 4.79 Å². The monoisotopic (exact) mass is 349 g/mol. The first-order valence-corrected chi connectivity index (χ1v) is 8.03. The van der Waals surface area contributed by atoms with E-state index in [1.54, 1.807) is 38.1 Å². The highest BCUT2D eigenvalue weighted by Gasteiger charge is 2.29. The molecule has 2 rings (SSSR count). The van der Waals surface area contributed by atoms with Crippen molar-refractivity contribution in [3.05, 3.63) is 34.8 Å². The molecule has 0 unspecified atom stereocenters. The highest BCUT2D eigenvalue weighted by Crippen LogP contribution is 2.24. The molecule has 0 radical (unpaired) electrons. The number of amides is 1. The first-order chi connectivity index (χ1) is 11.8. The number of H-pyrrole nitrogens is 1. The molecule has 0 saturated carbocycles. The fourth-order valence-electron chi connectivity index (χ4n) is 2.07. The lowest BCUT2D eigenvalue weighted by molar-refractivity contribution is -0.134. The Bertz CT molecular complexity index is 763. The molecule has 1 heterocycles. The van der Waals surface area contributed by atoms with Crippen LogP contribution >= 0.6 is 0 Å². The summed E-state index contributed by atoms with van der Waals surface area (Å²) < 4.78 is 15.7. The van der Waals surface area contributed by atoms with Crippen LogP contribution in [0.5, 0.6) is 5.75 Å². The Kier molecular flexibility index (Phi) is 5.97. The third-order valence-corrected chi connectivity index (χ3v) is 3.31. The van der Waals surface area contributed by atoms with E-state index in [9.17, 15) is 9.59 Å². The number of benzene rings is 1. The summed E-state index contributed by atoms with van der Waals surface area (Å²) in [5, 5.41) is 6.42. The van der Waals surface area contributed by atoms with E-state index in [0.29, 0.717) is 30.3 Å². The standard InChI is InChI=1S/C17H23N3O5/c1-11(2)23-9-8-18-15(21)17(3,4)24-13-7-5-6-12(10-13)14-19-16(22)25-20-14/h5-7,10-11H,8-9H2,1-4H3,(H,18,21)(H,19,20,22). The van der Waals surface area contributed by atoms with Crippen LogP contribution in [0.3, 0.4) is 0 Å². The molecule has 0 saturated heterocycles. The van der Waals surface area contributed by atoms with Crippen molar-refractivity contribution in [3.63, 3.8) is 0 Å². The number of carbonyl (C=O) groups excluding carboxylic acids is 1. The van der Waals surface area contributed by atoms with E-state index >= 15 is 0 Å². The third kappa shape index (κ3) is 5.46. The Morgan fingerprint density at radius 1 is 1.40 bits per heavy atom. The van der Waals surface area contributed by atoms with Crippen LogP contribution in [0.4, 0.5) is 0 Å². The van der Waals surface area contributed by atoms with Crippen LogP contribution in [-0.2, 0) is 9.53 Å². The van der Waals surface area contributed by atoms with E-state index in [4.69, 9.17) is 9.47 Å². The fraction of sp³-hybridized carbons (Fsp3) is 0.471. The average molecular weight is 349 g/mol. The summed E-state index contributed by atoms with van der Waals surface area (Å²) in [5.74, 6) is -0.117. The van der Waals surface area contributed by atoms with Crippen molar-refractivity contribution in [1.82, 2.24) is 15.5 Å². The molecule has 2 aromatic rings. The summed E-state index contributed by atoms with van der Waals surface area (Å²) in [6.07, 6.45) is 0.117. The third-order valence-electron chi connectivity index (χ3n) is 3.31. The molecule has 0 aliphatic heterocycles. The van der Waals surface area contributed by atoms with Gasteiger partial charge in [0.1, 0.15) is 5.75 Å². The van der Waals surface area contributed by atoms with Crippen LogP contribution in [-0.4, -0.2) is 40.9 Å². The van der Waals surface area contributed by atoms with Gasteiger partial charge in [0.05, 0.1) is 12.7 Å². The molecule has 1 aromatic heterocycles. The number of nitrogens with one attached hydrogen (secondary N) is 2. The lowest BCUT2D eigenvalue weighted by Gasteiger charge is -2.25. The van der Waals surface area contributed by atoms with Crippen molar-refractivity contribution in [2.75, 3.05) is 13.2 Å². The topological polar surface area (TPSA) is 106 Å². The van der Waals surface area contributed by atoms with Crippen LogP contribution in [0.2, 0.25) is 0 Å². The van der Waals surface area contributed by atoms with Gasteiger partial charge in [-0.1, -0.05) is 17.3 Å². The van der Waals surface area contributed by atoms with Gasteiger partial charge >= 0.3 is 5.76 Å². The fourth-order valence-corrected chi connectivity index (χ4v) is 2.07. The van der Waals surface area contributed by atoms with E-state index in [1.165, 1.54) is 0 Å². The average Bonchev–Trinajstić information content (AvgIpc) is 2.97. The van der Waals surface area contributed by atoms with Gasteiger partial charge in [-0.15, -0.1) is 0 Å². The van der Waals surface area contributed by atoms with Crippen molar-refractivity contribution < 1.29 is 18.8 Å². The second kappa shape index (κ2) is 7.98. The lowest BCUT2D eigenvalue weighted by Crippen LogP contribution is -2.47. The highest BCUT2D eigenvalue weighted by atomic mass is 16.5. The zero-order valence-electron chi connectivity index (χ0n) is 14.8. The largest absolute Gasteiger partial charge is 0.478 e. The van der Waals surface area contributed by atoms with Crippen LogP contribution in [0.1, 0.15) is 27.7 Å². The van der Waals surface area contributed by atoms with Gasteiger partial charge in [0.2, 0.25) is 0 Å². The van der Waals surface area contributed by atoms with Crippen molar-refractivity contribution >= 4 is 5.91 Å². The number of aromatic amines is 1. The summed E-state index contributed by atoms with van der Waals surface area (Å²) >= 11 is 0. The van der Waals surface area contributed by atoms with Gasteiger partial charge in [0.25, 0.3) is 5.91 Å². The van der Waals surface area contributed by atoms with Gasteiger partial charge < -0.3 is 14.8 Å². The zero-order chi connectivity index (χ0) is 18.4. The van der Waals surface area contributed by atoms with Crippen LogP contribution in [0.15, 0.2) is 33.6 Å². The van der Waals surface area contributed by atoms with Crippen molar-refractivity contribution in [3.8, 4) is 17.1 Å². The Hall–Kier alpha value is -2.61. The Morgan fingerprint density at radius 2 is 2.16 bits per heavy atom. The molecule has 2 N–H and O–H groups in total. The predicted octanol–water partition coefficient (Wildman–Crippen LogP) is 1.73. The molecular weight excluding hydrogens is 326 g/mol. The smallest absolute Gasteiger partial charge is 0.439 e. The minimum absolute atomic E-state index is 0.117. The first kappa shape index (κ1) is 18.7. The molecular formula is C17H23N3O5. The maximum atomic E-state index is 12.3. The summed E-state index contributed by atoms with van der Waals surface area (Å²) in [4.78, 5) is 25.8. The summed E-state index contributed by atoms with van der Waals surface area (Å²) in [6.45, 7) is 8.07. The summed E-state index contributed by atoms with van der Waals surface area (Å²) in [6, 6.07) is 6.88. The minimum Gasteiger partial charge on any atom is -0.478 e. The molecule has 0 aliphatic carbocycles. The van der Waals surface area contributed by atoms with Crippen LogP contribution in [0.25, 0.3) is 11.4 Å². The minimum atomic E-state index is -1.08. The van der Waals surface area contributed by atoms with Crippen molar-refractivity contribution in [2.45, 2.75) is 39.4 Å². The van der Waals surface area contributed by atoms with E-state index in [-0.39, 0.29) is 12.0 Å². The SMILES string of the molecule is CC(C)OCCNC(=O)C(C)(C)Oc1cccc(-c2noc(=O)[nH]2)c1. The normalized spacial score (nSPS) is 11.6. The number of hydrogen-bond donors (Lipinski definition) is 2. The van der Waals surface area contributed by atoms with Gasteiger partial charge in [0.15, 0.2) is 11.4 Å². The van der Waals surface area contributed by atoms with Crippen LogP contribution in [0, 0.1) is 0 Å². The van der Waals surface area contributed by atoms with Gasteiger partial charge in [0, 0.05) is 12.1 Å². The highest BCUT2D eigenvalue weighted by molar-refractivity contribution is 5.84. The molecule has 0 bridgehead atoms. The number of rotatable bonds is 8. The second-order valence-electron chi connectivity index (χ2n) is 6.26. The zero-order valence-corrected chi connectivity index (χ0v) is 14.8. The molecule has 136 valence electrons. The van der Waals surface area contributed by atoms with E-state index in [2.05, 4.69) is 20.0 Å². The molecule has 0 fully saturated rings. The van der Waals surface area contributed by atoms with Gasteiger partial charge in [-0.05, 0) is 39.8 Å². The Labute approximate surface area is 145 Å². The first-order valence-electron chi connectivity index (χ1n) is 8.03. The molecule has 25 heavy (non-hydrogen) atoms. The van der Waals surface area contributed by atoms with E-state index in [1.807, 2.05) is 13.8 Å². The second-order valence-corrected chi connectivity index (χ2v) is 6.26. The molecule has 1 amide bonds. The number of hydrogen-bond acceptors (Lipinski definition) is 6. The van der Waals surface area contributed by atoms with Crippen LogP contribution < -0.4 is 15.8 Å². The Balaban J connectivity index is 1.99. The number of ether oxygens (including phenoxy) is 2. The molecule has 1 aromatic carbocycles. The van der Waals surface area contributed by atoms with Gasteiger partial charge in [-0.3, -0.25) is 14.3 Å². The summed E-state index contributed by atoms with van der Waals surface area (Å²) in [5.41, 5.74) is -0.460. The lowest BCUT2D eigenvalue weighted by atomic mass is 10.1. The molecule has 0 atom stereocenters. The van der Waals surface area contributed by atoms with Gasteiger partial charge in [-0.2, -0.15) is 0 Å². The maximum absolute atomic E-state index is 12.3. The van der Waals surface area contributed by atoms with Crippen molar-refractivity contribution in [2.24, 2.45) is 0 Å². The Morgan fingerprint density at radius 3 is 2.80 bits per heavy atom. The van der Waals surface area contributed by atoms with E-state index < -0.39 is 11.4 Å². The predicted molar refractivity (Wildman–Crippen MR) is 91.4 cm³/mol. The number of aromatic nitrogens is 2. The quantitative estimate of drug-likeness (QED) is 0.703. The molecule has 8 nitrogen and oxygen atoms in total. The van der Waals surface area contributed by atoms with Crippen molar-refractivity contribution in [1.29, 1.82) is 0 Å². The van der Waals surface area contributed by atoms with E-state index in [0.717, 1.165) is 0 Å². The molecule has 0 aliphatic rings. The molecule has 8 heteroatoms.